The number of aryl methyl sites for hydroxylation is 1. The van der Waals surface area contributed by atoms with Crippen molar-refractivity contribution in [1.29, 1.82) is 5.26 Å². The minimum Gasteiger partial charge on any atom is -0.475 e. The Morgan fingerprint density at radius 2 is 2.64 bits per heavy atom. The lowest BCUT2D eigenvalue weighted by Crippen LogP contribution is -1.93. The van der Waals surface area contributed by atoms with Gasteiger partial charge in [-0.1, -0.05) is 0 Å². The normalized spacial score (nSPS) is 9.09. The van der Waals surface area contributed by atoms with Crippen LogP contribution in [0.4, 0.5) is 0 Å². The molecule has 0 aliphatic carbocycles. The third-order valence-electron chi connectivity index (χ3n) is 1.24. The molecule has 0 atom stereocenters. The van der Waals surface area contributed by atoms with Crippen LogP contribution in [0.15, 0.2) is 12.4 Å². The second kappa shape index (κ2) is 3.62. The van der Waals surface area contributed by atoms with E-state index in [1.54, 1.807) is 17.1 Å². The summed E-state index contributed by atoms with van der Waals surface area (Å²) in [7, 11) is 0. The summed E-state index contributed by atoms with van der Waals surface area (Å²) in [6.07, 6.45) is 3.36. The molecule has 0 fully saturated rings. The molecule has 4 nitrogen and oxygen atoms in total. The topological polar surface area (TPSA) is 50.8 Å². The molecule has 0 aliphatic rings. The number of nitriles is 1. The molecular weight excluding hydrogens is 142 g/mol. The van der Waals surface area contributed by atoms with Gasteiger partial charge in [0.25, 0.3) is 0 Å². The van der Waals surface area contributed by atoms with Crippen LogP contribution in [0.5, 0.6) is 5.75 Å². The lowest BCUT2D eigenvalue weighted by atomic mass is 10.6. The van der Waals surface area contributed by atoms with Crippen molar-refractivity contribution in [3.8, 4) is 11.8 Å². The van der Waals surface area contributed by atoms with Crippen LogP contribution in [0.3, 0.4) is 0 Å². The third kappa shape index (κ3) is 1.97. The van der Waals surface area contributed by atoms with Gasteiger partial charge in [-0.05, 0) is 6.92 Å². The van der Waals surface area contributed by atoms with Crippen molar-refractivity contribution in [3.63, 3.8) is 0 Å². The van der Waals surface area contributed by atoms with Crippen LogP contribution < -0.4 is 4.74 Å². The second-order valence-corrected chi connectivity index (χ2v) is 1.98. The number of rotatable bonds is 3. The maximum absolute atomic E-state index is 8.19. The highest BCUT2D eigenvalue weighted by atomic mass is 16.5. The summed E-state index contributed by atoms with van der Waals surface area (Å²) >= 11 is 0. The van der Waals surface area contributed by atoms with Gasteiger partial charge in [0.05, 0.1) is 12.4 Å². The maximum atomic E-state index is 8.19. The van der Waals surface area contributed by atoms with Gasteiger partial charge in [-0.2, -0.15) is 10.4 Å². The van der Waals surface area contributed by atoms with Crippen molar-refractivity contribution in [2.24, 2.45) is 0 Å². The molecule has 0 aliphatic heterocycles. The molecule has 0 radical (unpaired) electrons. The molecule has 0 amide bonds. The minimum absolute atomic E-state index is 0.0788. The number of aromatic nitrogens is 2. The second-order valence-electron chi connectivity index (χ2n) is 1.98. The van der Waals surface area contributed by atoms with Crippen molar-refractivity contribution in [1.82, 2.24) is 9.78 Å². The fourth-order valence-corrected chi connectivity index (χ4v) is 0.708. The first kappa shape index (κ1) is 7.61. The fourth-order valence-electron chi connectivity index (χ4n) is 0.708. The highest BCUT2D eigenvalue weighted by Crippen LogP contribution is 2.06. The van der Waals surface area contributed by atoms with E-state index in [0.29, 0.717) is 5.75 Å². The van der Waals surface area contributed by atoms with Gasteiger partial charge < -0.3 is 4.74 Å². The Morgan fingerprint density at radius 3 is 3.18 bits per heavy atom. The first-order valence-electron chi connectivity index (χ1n) is 3.39. The van der Waals surface area contributed by atoms with E-state index in [4.69, 9.17) is 10.00 Å². The lowest BCUT2D eigenvalue weighted by molar-refractivity contribution is 0.367. The molecular formula is C7H9N3O. The van der Waals surface area contributed by atoms with E-state index in [0.717, 1.165) is 6.54 Å². The van der Waals surface area contributed by atoms with Crippen LogP contribution in [-0.2, 0) is 6.54 Å². The highest BCUT2D eigenvalue weighted by Gasteiger charge is 1.95. The third-order valence-corrected chi connectivity index (χ3v) is 1.24. The molecule has 1 aromatic heterocycles. The molecule has 0 bridgehead atoms. The molecule has 0 N–H and O–H groups in total. The molecule has 1 aromatic rings. The van der Waals surface area contributed by atoms with Gasteiger partial charge in [-0.15, -0.1) is 0 Å². The Balaban J connectivity index is 2.53. The Labute approximate surface area is 65.0 Å². The quantitative estimate of drug-likeness (QED) is 0.642. The van der Waals surface area contributed by atoms with Gasteiger partial charge in [0.2, 0.25) is 0 Å². The maximum Gasteiger partial charge on any atom is 0.174 e. The van der Waals surface area contributed by atoms with Gasteiger partial charge in [0.1, 0.15) is 6.07 Å². The van der Waals surface area contributed by atoms with E-state index in [1.807, 2.05) is 13.0 Å². The van der Waals surface area contributed by atoms with E-state index >= 15 is 0 Å². The Hall–Kier alpha value is -1.50. The van der Waals surface area contributed by atoms with Crippen LogP contribution in [0.2, 0.25) is 0 Å². The monoisotopic (exact) mass is 151 g/mol. The highest BCUT2D eigenvalue weighted by molar-refractivity contribution is 5.12. The van der Waals surface area contributed by atoms with E-state index in [2.05, 4.69) is 5.10 Å². The van der Waals surface area contributed by atoms with Crippen LogP contribution in [0, 0.1) is 11.3 Å². The fraction of sp³-hybridized carbons (Fsp3) is 0.429. The van der Waals surface area contributed by atoms with Gasteiger partial charge in [-0.25, -0.2) is 0 Å². The average molecular weight is 151 g/mol. The lowest BCUT2D eigenvalue weighted by Gasteiger charge is -1.93. The smallest absolute Gasteiger partial charge is 0.174 e. The largest absolute Gasteiger partial charge is 0.475 e. The zero-order valence-electron chi connectivity index (χ0n) is 6.32. The standard InChI is InChI=1S/C7H9N3O/c1-2-10-6-7(5-9-10)11-4-3-8/h5-6H,2,4H2,1H3. The number of nitrogens with zero attached hydrogens (tertiary/aromatic N) is 3. The Bertz CT molecular complexity index is 261. The van der Waals surface area contributed by atoms with Gasteiger partial charge in [-0.3, -0.25) is 4.68 Å². The Morgan fingerprint density at radius 1 is 1.82 bits per heavy atom. The summed E-state index contributed by atoms with van der Waals surface area (Å²) in [5, 5.41) is 12.2. The number of ether oxygens (including phenoxy) is 1. The zero-order chi connectivity index (χ0) is 8.10. The average Bonchev–Trinajstić information content (AvgIpc) is 2.48. The summed E-state index contributed by atoms with van der Waals surface area (Å²) in [6, 6.07) is 1.88. The predicted octanol–water partition coefficient (Wildman–Crippen LogP) is 0.805. The molecule has 0 saturated carbocycles. The number of hydrogen-bond donors (Lipinski definition) is 0. The van der Waals surface area contributed by atoms with Crippen LogP contribution in [0.25, 0.3) is 0 Å². The molecule has 11 heavy (non-hydrogen) atoms. The van der Waals surface area contributed by atoms with E-state index in [1.165, 1.54) is 0 Å². The van der Waals surface area contributed by atoms with Gasteiger partial charge in [0.15, 0.2) is 12.4 Å². The van der Waals surface area contributed by atoms with Crippen molar-refractivity contribution < 1.29 is 4.74 Å². The van der Waals surface area contributed by atoms with Crippen molar-refractivity contribution >= 4 is 0 Å². The molecule has 0 saturated heterocycles. The predicted molar refractivity (Wildman–Crippen MR) is 39.0 cm³/mol. The summed E-state index contributed by atoms with van der Waals surface area (Å²) in [5.41, 5.74) is 0. The van der Waals surface area contributed by atoms with E-state index in [9.17, 15) is 0 Å². The van der Waals surface area contributed by atoms with Gasteiger partial charge >= 0.3 is 0 Å². The van der Waals surface area contributed by atoms with E-state index < -0.39 is 0 Å². The van der Waals surface area contributed by atoms with Crippen molar-refractivity contribution in [2.45, 2.75) is 13.5 Å². The number of hydrogen-bond acceptors (Lipinski definition) is 3. The Kier molecular flexibility index (Phi) is 2.50. The summed E-state index contributed by atoms with van der Waals surface area (Å²) in [5.74, 6) is 0.647. The molecule has 0 unspecified atom stereocenters. The van der Waals surface area contributed by atoms with Crippen molar-refractivity contribution in [2.75, 3.05) is 6.61 Å². The zero-order valence-corrected chi connectivity index (χ0v) is 6.32. The molecule has 58 valence electrons. The van der Waals surface area contributed by atoms with Gasteiger partial charge in [0, 0.05) is 6.54 Å². The van der Waals surface area contributed by atoms with Crippen LogP contribution in [-0.4, -0.2) is 16.4 Å². The van der Waals surface area contributed by atoms with Crippen molar-refractivity contribution in [3.05, 3.63) is 12.4 Å². The molecule has 4 heteroatoms. The molecule has 0 aromatic carbocycles. The minimum atomic E-state index is 0.0788. The molecule has 1 rings (SSSR count). The first-order valence-corrected chi connectivity index (χ1v) is 3.39. The van der Waals surface area contributed by atoms with E-state index in [-0.39, 0.29) is 6.61 Å². The first-order chi connectivity index (χ1) is 5.36. The van der Waals surface area contributed by atoms with Crippen LogP contribution >= 0.6 is 0 Å². The van der Waals surface area contributed by atoms with Crippen LogP contribution in [0.1, 0.15) is 6.92 Å². The summed E-state index contributed by atoms with van der Waals surface area (Å²) in [6.45, 7) is 2.88. The summed E-state index contributed by atoms with van der Waals surface area (Å²) in [4.78, 5) is 0. The summed E-state index contributed by atoms with van der Waals surface area (Å²) < 4.78 is 6.74. The SMILES string of the molecule is CCn1cc(OCC#N)cn1. The molecule has 0 spiro atoms. The molecule has 1 heterocycles.